The minimum absolute atomic E-state index is 0.777. The number of hydrogen-bond donors (Lipinski definition) is 0. The van der Waals surface area contributed by atoms with E-state index in [1.165, 1.54) is 45.0 Å². The molecular formula is C23H29ClN2S. The van der Waals surface area contributed by atoms with E-state index in [-0.39, 0.29) is 0 Å². The van der Waals surface area contributed by atoms with Crippen molar-refractivity contribution in [3.05, 3.63) is 45.1 Å². The van der Waals surface area contributed by atoms with Crippen LogP contribution in [0.15, 0.2) is 35.3 Å². The van der Waals surface area contributed by atoms with Gasteiger partial charge in [0.25, 0.3) is 0 Å². The van der Waals surface area contributed by atoms with Gasteiger partial charge in [0.1, 0.15) is 5.82 Å². The van der Waals surface area contributed by atoms with Crippen LogP contribution in [-0.4, -0.2) is 23.7 Å². The molecule has 0 radical (unpaired) electrons. The number of benzene rings is 1. The Bertz CT molecular complexity index is 928. The van der Waals surface area contributed by atoms with E-state index >= 15 is 0 Å². The van der Waals surface area contributed by atoms with Gasteiger partial charge in [0.2, 0.25) is 0 Å². The molecule has 1 aliphatic rings. The second-order valence-electron chi connectivity index (χ2n) is 7.42. The standard InChI is InChI=1S/C23H29ClN2S/c1-5-17(4)20-15-21(18-9-11-19(24)12-10-18)27-22(20)23(25-16(2)3)26-13-7-6-8-14-26/h9-12,15H,5-8,13-14H2,1-4H3/b20-17+,23-22-. The van der Waals surface area contributed by atoms with Crippen LogP contribution in [0, 0.1) is 0 Å². The number of thiophene rings is 1. The second-order valence-corrected chi connectivity index (χ2v) is 8.91. The van der Waals surface area contributed by atoms with Crippen LogP contribution in [0.5, 0.6) is 0 Å². The zero-order chi connectivity index (χ0) is 19.4. The van der Waals surface area contributed by atoms with Crippen molar-refractivity contribution in [2.45, 2.75) is 53.4 Å². The van der Waals surface area contributed by atoms with Crippen molar-refractivity contribution in [1.82, 2.24) is 4.90 Å². The molecule has 1 aliphatic heterocycles. The number of hydrogen-bond acceptors (Lipinski definition) is 3. The molecule has 0 saturated carbocycles. The van der Waals surface area contributed by atoms with E-state index in [2.05, 4.69) is 50.8 Å². The molecule has 4 heteroatoms. The van der Waals surface area contributed by atoms with E-state index in [1.54, 1.807) is 0 Å². The first kappa shape index (κ1) is 20.2. The van der Waals surface area contributed by atoms with Crippen LogP contribution >= 0.6 is 22.9 Å². The largest absolute Gasteiger partial charge is 0.355 e. The van der Waals surface area contributed by atoms with Crippen molar-refractivity contribution in [2.75, 3.05) is 13.1 Å². The molecule has 2 nitrogen and oxygen atoms in total. The van der Waals surface area contributed by atoms with E-state index in [0.717, 1.165) is 36.1 Å². The molecule has 144 valence electrons. The van der Waals surface area contributed by atoms with Gasteiger partial charge in [-0.25, -0.2) is 4.99 Å². The highest BCUT2D eigenvalue weighted by Gasteiger charge is 2.16. The summed E-state index contributed by atoms with van der Waals surface area (Å²) in [4.78, 5) is 8.77. The highest BCUT2D eigenvalue weighted by Crippen LogP contribution is 2.24. The summed E-state index contributed by atoms with van der Waals surface area (Å²) >= 11 is 7.94. The van der Waals surface area contributed by atoms with Gasteiger partial charge in [0.15, 0.2) is 0 Å². The predicted molar refractivity (Wildman–Crippen MR) is 121 cm³/mol. The Hall–Kier alpha value is -1.58. The highest BCUT2D eigenvalue weighted by molar-refractivity contribution is 7.13. The topological polar surface area (TPSA) is 15.6 Å². The fourth-order valence-corrected chi connectivity index (χ4v) is 4.79. The van der Waals surface area contributed by atoms with Crippen LogP contribution in [0.3, 0.4) is 0 Å². The summed E-state index contributed by atoms with van der Waals surface area (Å²) in [5.74, 6) is 1.16. The van der Waals surface area contributed by atoms with Crippen LogP contribution in [0.4, 0.5) is 0 Å². The van der Waals surface area contributed by atoms with Crippen LogP contribution in [0.25, 0.3) is 21.8 Å². The molecule has 1 fully saturated rings. The zero-order valence-electron chi connectivity index (χ0n) is 16.8. The van der Waals surface area contributed by atoms with Crippen LogP contribution in [0.2, 0.25) is 5.02 Å². The van der Waals surface area contributed by atoms with Crippen LogP contribution in [0.1, 0.15) is 53.4 Å². The van der Waals surface area contributed by atoms with Gasteiger partial charge in [-0.1, -0.05) is 36.2 Å². The number of rotatable bonds is 4. The Morgan fingerprint density at radius 1 is 1.07 bits per heavy atom. The molecule has 1 saturated heterocycles. The van der Waals surface area contributed by atoms with E-state index in [9.17, 15) is 0 Å². The van der Waals surface area contributed by atoms with Crippen LogP contribution in [-0.2, 0) is 0 Å². The zero-order valence-corrected chi connectivity index (χ0v) is 18.4. The summed E-state index contributed by atoms with van der Waals surface area (Å²) in [7, 11) is 0. The highest BCUT2D eigenvalue weighted by atomic mass is 35.5. The molecule has 0 amide bonds. The Morgan fingerprint density at radius 2 is 1.74 bits per heavy atom. The number of nitrogens with zero attached hydrogens (tertiary/aromatic N) is 2. The normalized spacial score (nSPS) is 16.9. The van der Waals surface area contributed by atoms with Crippen molar-refractivity contribution in [3.63, 3.8) is 0 Å². The lowest BCUT2D eigenvalue weighted by Gasteiger charge is -2.28. The number of halogens is 1. The molecule has 1 aromatic carbocycles. The SMILES string of the molecule is CC/C(C)=c1\cc(-c2ccc(Cl)cc2)s\c1=C(\N=C(C)C)N1CCCCC1. The fourth-order valence-electron chi connectivity index (χ4n) is 3.40. The molecule has 3 rings (SSSR count). The molecule has 0 unspecified atom stereocenters. The number of piperidine rings is 1. The van der Waals surface area contributed by atoms with E-state index < -0.39 is 0 Å². The lowest BCUT2D eigenvalue weighted by Crippen LogP contribution is -2.35. The molecule has 0 aliphatic carbocycles. The molecule has 2 heterocycles. The lowest BCUT2D eigenvalue weighted by atomic mass is 10.1. The lowest BCUT2D eigenvalue weighted by molar-refractivity contribution is 0.320. The minimum Gasteiger partial charge on any atom is -0.355 e. The van der Waals surface area contributed by atoms with Gasteiger partial charge in [0, 0.05) is 28.7 Å². The van der Waals surface area contributed by atoms with Gasteiger partial charge >= 0.3 is 0 Å². The third kappa shape index (κ3) is 4.83. The minimum atomic E-state index is 0.777. The number of likely N-dealkylation sites (tertiary alicyclic amines) is 1. The van der Waals surface area contributed by atoms with Gasteiger partial charge in [-0.15, -0.1) is 11.3 Å². The molecule has 0 bridgehead atoms. The summed E-state index contributed by atoms with van der Waals surface area (Å²) in [5, 5.41) is 2.12. The Morgan fingerprint density at radius 3 is 2.33 bits per heavy atom. The Balaban J connectivity index is 2.28. The first-order valence-corrected chi connectivity index (χ1v) is 11.1. The first-order chi connectivity index (χ1) is 13.0. The molecule has 1 aromatic heterocycles. The van der Waals surface area contributed by atoms with E-state index in [4.69, 9.17) is 16.6 Å². The maximum atomic E-state index is 6.09. The third-order valence-electron chi connectivity index (χ3n) is 5.04. The van der Waals surface area contributed by atoms with E-state index in [0.29, 0.717) is 0 Å². The average Bonchev–Trinajstić information content (AvgIpc) is 3.11. The van der Waals surface area contributed by atoms with Crippen molar-refractivity contribution < 1.29 is 0 Å². The summed E-state index contributed by atoms with van der Waals surface area (Å²) in [6.07, 6.45) is 4.88. The third-order valence-corrected chi connectivity index (χ3v) is 6.47. The van der Waals surface area contributed by atoms with Gasteiger partial charge in [-0.2, -0.15) is 0 Å². The molecule has 0 N–H and O–H groups in total. The van der Waals surface area contributed by atoms with Crippen molar-refractivity contribution >= 4 is 40.0 Å². The summed E-state index contributed by atoms with van der Waals surface area (Å²) in [5.41, 5.74) is 3.74. The average molecular weight is 401 g/mol. The Kier molecular flexibility index (Phi) is 6.78. The smallest absolute Gasteiger partial charge is 0.146 e. The summed E-state index contributed by atoms with van der Waals surface area (Å²) in [6, 6.07) is 10.5. The molecule has 0 atom stereocenters. The maximum absolute atomic E-state index is 6.09. The van der Waals surface area contributed by atoms with Gasteiger partial charge in [-0.3, -0.25) is 0 Å². The van der Waals surface area contributed by atoms with Crippen molar-refractivity contribution in [1.29, 1.82) is 0 Å². The predicted octanol–water partition coefficient (Wildman–Crippen LogP) is 5.68. The van der Waals surface area contributed by atoms with Crippen molar-refractivity contribution in [3.8, 4) is 10.4 Å². The first-order valence-electron chi connectivity index (χ1n) is 9.86. The summed E-state index contributed by atoms with van der Waals surface area (Å²) in [6.45, 7) is 10.9. The monoisotopic (exact) mass is 400 g/mol. The molecular weight excluding hydrogens is 372 g/mol. The second kappa shape index (κ2) is 9.07. The van der Waals surface area contributed by atoms with Gasteiger partial charge < -0.3 is 4.90 Å². The molecule has 0 spiro atoms. The van der Waals surface area contributed by atoms with Crippen molar-refractivity contribution in [2.24, 2.45) is 4.99 Å². The van der Waals surface area contributed by atoms with Gasteiger partial charge in [-0.05, 0) is 75.4 Å². The van der Waals surface area contributed by atoms with E-state index in [1.807, 2.05) is 23.5 Å². The number of aliphatic imine (C=N–C) groups is 1. The Labute approximate surface area is 171 Å². The summed E-state index contributed by atoms with van der Waals surface area (Å²) < 4.78 is 1.31. The van der Waals surface area contributed by atoms with Crippen LogP contribution < -0.4 is 9.75 Å². The van der Waals surface area contributed by atoms with Gasteiger partial charge in [0.05, 0.1) is 4.53 Å². The molecule has 2 aromatic rings. The fraction of sp³-hybridized carbons (Fsp3) is 0.435. The molecule has 27 heavy (non-hydrogen) atoms. The maximum Gasteiger partial charge on any atom is 0.146 e. The quantitative estimate of drug-likeness (QED) is 0.602.